The van der Waals surface area contributed by atoms with Gasteiger partial charge in [0.2, 0.25) is 0 Å². The molecule has 1 unspecified atom stereocenters. The summed E-state index contributed by atoms with van der Waals surface area (Å²) in [7, 11) is 1.55. The van der Waals surface area contributed by atoms with Gasteiger partial charge in [0.25, 0.3) is 0 Å². The van der Waals surface area contributed by atoms with Crippen LogP contribution in [0.5, 0.6) is 5.75 Å². The third kappa shape index (κ3) is 3.30. The molecule has 2 nitrogen and oxygen atoms in total. The maximum atomic E-state index is 13.2. The number of ether oxygens (including phenoxy) is 1. The molecule has 20 heavy (non-hydrogen) atoms. The molecule has 0 aliphatic carbocycles. The number of aliphatic hydroxyl groups is 1. The zero-order chi connectivity index (χ0) is 14.7. The summed E-state index contributed by atoms with van der Waals surface area (Å²) in [6, 6.07) is 9.70. The third-order valence-corrected chi connectivity index (χ3v) is 3.53. The number of hydrogen-bond acceptors (Lipinski definition) is 2. The average Bonchev–Trinajstić information content (AvgIpc) is 2.42. The second kappa shape index (κ2) is 6.25. The van der Waals surface area contributed by atoms with E-state index in [0.717, 1.165) is 5.56 Å². The van der Waals surface area contributed by atoms with Gasteiger partial charge in [-0.3, -0.25) is 0 Å². The van der Waals surface area contributed by atoms with Crippen LogP contribution < -0.4 is 4.74 Å². The minimum Gasteiger partial charge on any atom is -0.496 e. The molecule has 1 atom stereocenters. The van der Waals surface area contributed by atoms with Crippen molar-refractivity contribution in [3.63, 3.8) is 0 Å². The van der Waals surface area contributed by atoms with E-state index < -0.39 is 6.10 Å². The van der Waals surface area contributed by atoms with Crippen molar-refractivity contribution in [3.05, 3.63) is 63.9 Å². The van der Waals surface area contributed by atoms with Crippen LogP contribution in [0.3, 0.4) is 0 Å². The summed E-state index contributed by atoms with van der Waals surface area (Å²) in [6.07, 6.45) is -0.569. The molecule has 1 N–H and O–H groups in total. The minimum atomic E-state index is -0.802. The van der Waals surface area contributed by atoms with Crippen LogP contribution in [0.25, 0.3) is 0 Å². The molecule has 2 aromatic rings. The molecule has 0 amide bonds. The molecule has 0 bridgehead atoms. The lowest BCUT2D eigenvalue weighted by Gasteiger charge is -2.16. The first-order valence-corrected chi connectivity index (χ1v) is 6.65. The molecule has 0 fully saturated rings. The molecule has 0 saturated carbocycles. The third-order valence-electron chi connectivity index (χ3n) is 3.17. The maximum Gasteiger partial charge on any atom is 0.124 e. The predicted octanol–water partition coefficient (Wildman–Crippen LogP) is 4.07. The Hall–Kier alpha value is -1.58. The van der Waals surface area contributed by atoms with Gasteiger partial charge in [0.15, 0.2) is 0 Å². The van der Waals surface area contributed by atoms with Gasteiger partial charge < -0.3 is 9.84 Å². The number of halogens is 2. The van der Waals surface area contributed by atoms with E-state index in [1.165, 1.54) is 18.2 Å². The van der Waals surface area contributed by atoms with Crippen molar-refractivity contribution in [1.82, 2.24) is 0 Å². The minimum absolute atomic E-state index is 0.233. The summed E-state index contributed by atoms with van der Waals surface area (Å²) in [5.41, 5.74) is 2.26. The van der Waals surface area contributed by atoms with Crippen molar-refractivity contribution < 1.29 is 14.2 Å². The van der Waals surface area contributed by atoms with Gasteiger partial charge in [0.05, 0.1) is 13.2 Å². The second-order valence-electron chi connectivity index (χ2n) is 4.70. The summed E-state index contributed by atoms with van der Waals surface area (Å²) in [5, 5.41) is 10.8. The van der Waals surface area contributed by atoms with Gasteiger partial charge in [-0.15, -0.1) is 0 Å². The van der Waals surface area contributed by atoms with E-state index in [0.29, 0.717) is 21.9 Å². The van der Waals surface area contributed by atoms with Gasteiger partial charge >= 0.3 is 0 Å². The highest BCUT2D eigenvalue weighted by Gasteiger charge is 2.16. The molecule has 0 heterocycles. The maximum absolute atomic E-state index is 13.2. The molecule has 0 aliphatic rings. The fraction of sp³-hybridized carbons (Fsp3) is 0.250. The van der Waals surface area contributed by atoms with Crippen molar-refractivity contribution >= 4 is 11.6 Å². The number of aryl methyl sites for hydroxylation is 1. The Morgan fingerprint density at radius 1 is 1.25 bits per heavy atom. The summed E-state index contributed by atoms with van der Waals surface area (Å²) in [5.74, 6) is 0.239. The van der Waals surface area contributed by atoms with Crippen molar-refractivity contribution in [2.45, 2.75) is 19.4 Å². The van der Waals surface area contributed by atoms with E-state index in [1.807, 2.05) is 19.1 Å². The average molecular weight is 295 g/mol. The lowest BCUT2D eigenvalue weighted by molar-refractivity contribution is 0.174. The Labute approximate surface area is 122 Å². The molecular formula is C16H16ClFO2. The molecule has 0 saturated heterocycles. The van der Waals surface area contributed by atoms with Gasteiger partial charge in [0, 0.05) is 17.0 Å². The first-order valence-electron chi connectivity index (χ1n) is 6.28. The van der Waals surface area contributed by atoms with Crippen molar-refractivity contribution in [2.24, 2.45) is 0 Å². The first kappa shape index (κ1) is 14.8. The highest BCUT2D eigenvalue weighted by molar-refractivity contribution is 6.31. The van der Waals surface area contributed by atoms with Gasteiger partial charge in [-0.25, -0.2) is 4.39 Å². The van der Waals surface area contributed by atoms with E-state index in [2.05, 4.69) is 0 Å². The van der Waals surface area contributed by atoms with E-state index >= 15 is 0 Å². The monoisotopic (exact) mass is 294 g/mol. The Morgan fingerprint density at radius 3 is 2.70 bits per heavy atom. The highest BCUT2D eigenvalue weighted by atomic mass is 35.5. The van der Waals surface area contributed by atoms with Crippen LogP contribution >= 0.6 is 11.6 Å². The molecule has 106 valence electrons. The Morgan fingerprint density at radius 2 is 2.00 bits per heavy atom. The number of hydrogen-bond donors (Lipinski definition) is 1. The van der Waals surface area contributed by atoms with Crippen LogP contribution in [-0.4, -0.2) is 12.2 Å². The molecule has 4 heteroatoms. The highest BCUT2D eigenvalue weighted by Crippen LogP contribution is 2.30. The van der Waals surface area contributed by atoms with E-state index in [1.54, 1.807) is 13.2 Å². The second-order valence-corrected chi connectivity index (χ2v) is 5.11. The number of aliphatic hydroxyl groups excluding tert-OH is 1. The Balaban J connectivity index is 2.30. The predicted molar refractivity (Wildman–Crippen MR) is 77.8 cm³/mol. The van der Waals surface area contributed by atoms with Crippen LogP contribution in [0, 0.1) is 12.7 Å². The summed E-state index contributed by atoms with van der Waals surface area (Å²) < 4.78 is 18.5. The van der Waals surface area contributed by atoms with Crippen LogP contribution in [0.4, 0.5) is 4.39 Å². The SMILES string of the molecule is COc1ccc(C)cc1C(O)Cc1cc(F)ccc1Cl. The van der Waals surface area contributed by atoms with Crippen molar-refractivity contribution in [3.8, 4) is 5.75 Å². The van der Waals surface area contributed by atoms with Crippen LogP contribution in [-0.2, 0) is 6.42 Å². The molecule has 2 rings (SSSR count). The lowest BCUT2D eigenvalue weighted by Crippen LogP contribution is -2.05. The number of methoxy groups -OCH3 is 1. The number of rotatable bonds is 4. The van der Waals surface area contributed by atoms with Crippen LogP contribution in [0.1, 0.15) is 22.8 Å². The van der Waals surface area contributed by atoms with Crippen molar-refractivity contribution in [1.29, 1.82) is 0 Å². The van der Waals surface area contributed by atoms with Gasteiger partial charge in [0.1, 0.15) is 11.6 Å². The van der Waals surface area contributed by atoms with E-state index in [4.69, 9.17) is 16.3 Å². The first-order chi connectivity index (χ1) is 9.51. The zero-order valence-electron chi connectivity index (χ0n) is 11.4. The van der Waals surface area contributed by atoms with E-state index in [9.17, 15) is 9.50 Å². The molecule has 0 spiro atoms. The molecule has 2 aromatic carbocycles. The molecule has 0 aliphatic heterocycles. The zero-order valence-corrected chi connectivity index (χ0v) is 12.1. The smallest absolute Gasteiger partial charge is 0.124 e. The standard InChI is InChI=1S/C16H16ClFO2/c1-10-3-6-16(20-2)13(7-10)15(19)9-11-8-12(18)4-5-14(11)17/h3-8,15,19H,9H2,1-2H3. The van der Waals surface area contributed by atoms with Gasteiger partial charge in [-0.2, -0.15) is 0 Å². The fourth-order valence-corrected chi connectivity index (χ4v) is 2.33. The molecule has 0 radical (unpaired) electrons. The molecule has 0 aromatic heterocycles. The summed E-state index contributed by atoms with van der Waals surface area (Å²) in [4.78, 5) is 0. The summed E-state index contributed by atoms with van der Waals surface area (Å²) in [6.45, 7) is 1.94. The fourth-order valence-electron chi connectivity index (χ4n) is 2.13. The van der Waals surface area contributed by atoms with Crippen LogP contribution in [0.15, 0.2) is 36.4 Å². The number of benzene rings is 2. The normalized spacial score (nSPS) is 12.2. The quantitative estimate of drug-likeness (QED) is 0.921. The van der Waals surface area contributed by atoms with Gasteiger partial charge in [-0.1, -0.05) is 23.2 Å². The van der Waals surface area contributed by atoms with Crippen molar-refractivity contribution in [2.75, 3.05) is 7.11 Å². The molecular weight excluding hydrogens is 279 g/mol. The lowest BCUT2D eigenvalue weighted by atomic mass is 9.99. The van der Waals surface area contributed by atoms with E-state index in [-0.39, 0.29) is 12.2 Å². The Bertz CT molecular complexity index is 613. The van der Waals surface area contributed by atoms with Gasteiger partial charge in [-0.05, 0) is 42.8 Å². The summed E-state index contributed by atoms with van der Waals surface area (Å²) >= 11 is 6.02. The van der Waals surface area contributed by atoms with Crippen LogP contribution in [0.2, 0.25) is 5.02 Å². The largest absolute Gasteiger partial charge is 0.496 e. The topological polar surface area (TPSA) is 29.5 Å². The Kier molecular flexibility index (Phi) is 4.63.